The summed E-state index contributed by atoms with van der Waals surface area (Å²) in [7, 11) is 0. The van der Waals surface area contributed by atoms with Gasteiger partial charge >= 0.3 is 0 Å². The Morgan fingerprint density at radius 1 is 1.21 bits per heavy atom. The molecule has 94 valence electrons. The lowest BCUT2D eigenvalue weighted by Crippen LogP contribution is -2.13. The summed E-state index contributed by atoms with van der Waals surface area (Å²) < 4.78 is 12.9. The van der Waals surface area contributed by atoms with Crippen molar-refractivity contribution in [3.63, 3.8) is 0 Å². The van der Waals surface area contributed by atoms with Crippen molar-refractivity contribution >= 4 is 0 Å². The Kier molecular flexibility index (Phi) is 2.00. The van der Waals surface area contributed by atoms with E-state index in [1.807, 2.05) is 41.8 Å². The van der Waals surface area contributed by atoms with Crippen LogP contribution in [0.3, 0.4) is 0 Å². The van der Waals surface area contributed by atoms with Crippen LogP contribution in [0.2, 0.25) is 0 Å². The third kappa shape index (κ3) is 1.46. The third-order valence-corrected chi connectivity index (χ3v) is 3.04. The van der Waals surface area contributed by atoms with Crippen molar-refractivity contribution in [1.29, 1.82) is 0 Å². The number of rotatable bonds is 1. The molecule has 2 aromatic heterocycles. The van der Waals surface area contributed by atoms with E-state index in [1.54, 1.807) is 0 Å². The predicted octanol–water partition coefficient (Wildman–Crippen LogP) is 2.12. The maximum atomic E-state index is 5.63. The third-order valence-electron chi connectivity index (χ3n) is 3.04. The fraction of sp³-hybridized carbons (Fsp3) is 0.154. The topological polar surface area (TPSA) is 66.0 Å². The van der Waals surface area contributed by atoms with Gasteiger partial charge in [0, 0.05) is 6.07 Å². The van der Waals surface area contributed by atoms with Gasteiger partial charge in [-0.25, -0.2) is 0 Å². The lowest BCUT2D eigenvalue weighted by atomic mass is 10.2. The summed E-state index contributed by atoms with van der Waals surface area (Å²) >= 11 is 0. The average molecular weight is 254 g/mol. The number of ether oxygens (including phenoxy) is 1. The minimum atomic E-state index is 0.400. The lowest BCUT2D eigenvalue weighted by molar-refractivity contribution is 0.279. The molecule has 0 fully saturated rings. The maximum absolute atomic E-state index is 5.63. The van der Waals surface area contributed by atoms with Crippen LogP contribution in [0.1, 0.15) is 11.5 Å². The molecule has 0 aliphatic carbocycles. The molecule has 4 rings (SSSR count). The molecule has 6 nitrogen and oxygen atoms in total. The number of benzene rings is 1. The molecule has 0 saturated heterocycles. The number of para-hydroxylation sites is 2. The van der Waals surface area contributed by atoms with E-state index in [2.05, 4.69) is 15.4 Å². The van der Waals surface area contributed by atoms with Gasteiger partial charge in [0.2, 0.25) is 11.6 Å². The molecule has 1 aliphatic heterocycles. The van der Waals surface area contributed by atoms with E-state index >= 15 is 0 Å². The van der Waals surface area contributed by atoms with Crippen molar-refractivity contribution in [1.82, 2.24) is 19.9 Å². The van der Waals surface area contributed by atoms with Crippen LogP contribution < -0.4 is 4.74 Å². The zero-order chi connectivity index (χ0) is 12.8. The van der Waals surface area contributed by atoms with Crippen molar-refractivity contribution < 1.29 is 9.26 Å². The first-order valence-corrected chi connectivity index (χ1v) is 5.93. The van der Waals surface area contributed by atoms with Crippen LogP contribution in [0.5, 0.6) is 5.75 Å². The highest BCUT2D eigenvalue weighted by molar-refractivity contribution is 5.58. The van der Waals surface area contributed by atoms with E-state index in [0.29, 0.717) is 18.2 Å². The molecule has 19 heavy (non-hydrogen) atoms. The van der Waals surface area contributed by atoms with Gasteiger partial charge in [-0.05, 0) is 19.1 Å². The SMILES string of the molecule is Cc1cc(-c2nnc3n2-c2ccccc2OC3)on1. The zero-order valence-corrected chi connectivity index (χ0v) is 10.2. The largest absolute Gasteiger partial charge is 0.483 e. The number of hydrogen-bond donors (Lipinski definition) is 0. The molecule has 6 heteroatoms. The second-order valence-electron chi connectivity index (χ2n) is 4.36. The predicted molar refractivity (Wildman–Crippen MR) is 65.9 cm³/mol. The molecule has 3 heterocycles. The van der Waals surface area contributed by atoms with E-state index < -0.39 is 0 Å². The van der Waals surface area contributed by atoms with E-state index in [1.165, 1.54) is 0 Å². The van der Waals surface area contributed by atoms with Gasteiger partial charge in [0.05, 0.1) is 11.4 Å². The molecule has 0 radical (unpaired) electrons. The van der Waals surface area contributed by atoms with Crippen LogP contribution in [0.25, 0.3) is 17.3 Å². The highest BCUT2D eigenvalue weighted by atomic mass is 16.5. The molecule has 0 atom stereocenters. The van der Waals surface area contributed by atoms with Gasteiger partial charge in [0.15, 0.2) is 5.82 Å². The van der Waals surface area contributed by atoms with E-state index in [9.17, 15) is 0 Å². The molecule has 0 bridgehead atoms. The minimum absolute atomic E-state index is 0.400. The molecule has 0 spiro atoms. The van der Waals surface area contributed by atoms with Gasteiger partial charge in [0.25, 0.3) is 0 Å². The van der Waals surface area contributed by atoms with E-state index in [0.717, 1.165) is 23.0 Å². The second-order valence-corrected chi connectivity index (χ2v) is 4.36. The van der Waals surface area contributed by atoms with E-state index in [4.69, 9.17) is 9.26 Å². The summed E-state index contributed by atoms with van der Waals surface area (Å²) in [6, 6.07) is 9.62. The smallest absolute Gasteiger partial charge is 0.207 e. The molecule has 1 aliphatic rings. The number of aryl methyl sites for hydroxylation is 1. The Morgan fingerprint density at radius 3 is 2.95 bits per heavy atom. The van der Waals surface area contributed by atoms with Crippen molar-refractivity contribution in [2.24, 2.45) is 0 Å². The number of hydrogen-bond acceptors (Lipinski definition) is 5. The summed E-state index contributed by atoms with van der Waals surface area (Å²) in [5.74, 6) is 2.81. The molecule has 1 aromatic carbocycles. The number of fused-ring (bicyclic) bond motifs is 3. The monoisotopic (exact) mass is 254 g/mol. The maximum Gasteiger partial charge on any atom is 0.207 e. The van der Waals surface area contributed by atoms with Crippen LogP contribution in [0.15, 0.2) is 34.9 Å². The van der Waals surface area contributed by atoms with Gasteiger partial charge in [-0.2, -0.15) is 0 Å². The van der Waals surface area contributed by atoms with Crippen molar-refractivity contribution in [3.8, 4) is 23.0 Å². The Hall–Kier alpha value is -2.63. The van der Waals surface area contributed by atoms with Crippen molar-refractivity contribution in [2.75, 3.05) is 0 Å². The van der Waals surface area contributed by atoms with Crippen LogP contribution in [-0.2, 0) is 6.61 Å². The number of aromatic nitrogens is 4. The highest BCUT2D eigenvalue weighted by Crippen LogP contribution is 2.32. The number of nitrogens with zero attached hydrogens (tertiary/aromatic N) is 4. The Balaban J connectivity index is 1.97. The van der Waals surface area contributed by atoms with Crippen molar-refractivity contribution in [3.05, 3.63) is 41.9 Å². The Labute approximate surface area is 108 Å². The first-order valence-electron chi connectivity index (χ1n) is 5.93. The molecule has 0 amide bonds. The molecular formula is C13H10N4O2. The normalized spacial score (nSPS) is 12.7. The fourth-order valence-corrected chi connectivity index (χ4v) is 2.20. The molecule has 0 N–H and O–H groups in total. The standard InChI is InChI=1S/C13H10N4O2/c1-8-6-11(19-16-8)13-15-14-12-7-18-10-5-3-2-4-9(10)17(12)13/h2-6H,7H2,1H3. The summed E-state index contributed by atoms with van der Waals surface area (Å²) in [5, 5.41) is 12.2. The van der Waals surface area contributed by atoms with Crippen LogP contribution in [-0.4, -0.2) is 19.9 Å². The zero-order valence-electron chi connectivity index (χ0n) is 10.2. The Morgan fingerprint density at radius 2 is 2.11 bits per heavy atom. The second kappa shape index (κ2) is 3.68. The lowest BCUT2D eigenvalue weighted by Gasteiger charge is -2.19. The summed E-state index contributed by atoms with van der Waals surface area (Å²) in [6.07, 6.45) is 0. The fourth-order valence-electron chi connectivity index (χ4n) is 2.20. The first-order chi connectivity index (χ1) is 9.33. The summed E-state index contributed by atoms with van der Waals surface area (Å²) in [4.78, 5) is 0. The molecule has 0 saturated carbocycles. The van der Waals surface area contributed by atoms with Gasteiger partial charge in [-0.15, -0.1) is 10.2 Å². The summed E-state index contributed by atoms with van der Waals surface area (Å²) in [6.45, 7) is 2.27. The quantitative estimate of drug-likeness (QED) is 0.665. The van der Waals surface area contributed by atoms with Crippen molar-refractivity contribution in [2.45, 2.75) is 13.5 Å². The van der Waals surface area contributed by atoms with Gasteiger partial charge < -0.3 is 9.26 Å². The van der Waals surface area contributed by atoms with Crippen LogP contribution >= 0.6 is 0 Å². The van der Waals surface area contributed by atoms with Crippen LogP contribution in [0.4, 0.5) is 0 Å². The molecule has 0 unspecified atom stereocenters. The van der Waals surface area contributed by atoms with E-state index in [-0.39, 0.29) is 0 Å². The Bertz CT molecular complexity index is 760. The van der Waals surface area contributed by atoms with Gasteiger partial charge in [-0.1, -0.05) is 17.3 Å². The van der Waals surface area contributed by atoms with Crippen LogP contribution in [0, 0.1) is 6.92 Å². The molecule has 3 aromatic rings. The molecular weight excluding hydrogens is 244 g/mol. The highest BCUT2D eigenvalue weighted by Gasteiger charge is 2.24. The van der Waals surface area contributed by atoms with Gasteiger partial charge in [0.1, 0.15) is 12.4 Å². The van der Waals surface area contributed by atoms with Gasteiger partial charge in [-0.3, -0.25) is 4.57 Å². The summed E-state index contributed by atoms with van der Waals surface area (Å²) in [5.41, 5.74) is 1.73. The average Bonchev–Trinajstić information content (AvgIpc) is 3.04. The first kappa shape index (κ1) is 10.3. The minimum Gasteiger partial charge on any atom is -0.483 e.